The molecule has 4 unspecified atom stereocenters. The molecule has 0 bridgehead atoms. The molecule has 1 aromatic carbocycles. The zero-order valence-corrected chi connectivity index (χ0v) is 17.1. The molecule has 3 saturated carbocycles. The molecule has 3 fully saturated rings. The molecule has 3 aliphatic rings. The Hall–Kier alpha value is -0.750. The summed E-state index contributed by atoms with van der Waals surface area (Å²) >= 11 is 6.05. The summed E-state index contributed by atoms with van der Waals surface area (Å²) in [6, 6.07) is 8.63. The minimum absolute atomic E-state index is 0.774. The average molecular weight is 371 g/mol. The molecule has 4 rings (SSSR count). The van der Waals surface area contributed by atoms with Crippen LogP contribution >= 0.6 is 11.6 Å². The minimum atomic E-state index is 0.774. The topological polar surface area (TPSA) is 0 Å². The van der Waals surface area contributed by atoms with Gasteiger partial charge in [-0.15, -0.1) is 0 Å². The van der Waals surface area contributed by atoms with E-state index in [1.165, 1.54) is 63.4 Å². The summed E-state index contributed by atoms with van der Waals surface area (Å²) in [5, 5.41) is 0.864. The van der Waals surface area contributed by atoms with Crippen LogP contribution in [0.1, 0.15) is 82.6 Å². The molecule has 142 valence electrons. The summed E-state index contributed by atoms with van der Waals surface area (Å²) in [5.74, 6) is 5.77. The van der Waals surface area contributed by atoms with Crippen molar-refractivity contribution >= 4 is 11.6 Å². The van der Waals surface area contributed by atoms with Gasteiger partial charge in [-0.3, -0.25) is 0 Å². The highest BCUT2D eigenvalue weighted by molar-refractivity contribution is 6.30. The molecule has 0 radical (unpaired) electrons. The van der Waals surface area contributed by atoms with Crippen LogP contribution in [0.15, 0.2) is 36.4 Å². The fourth-order valence-electron chi connectivity index (χ4n) is 6.50. The summed E-state index contributed by atoms with van der Waals surface area (Å²) < 4.78 is 0. The van der Waals surface area contributed by atoms with E-state index < -0.39 is 0 Å². The third-order valence-electron chi connectivity index (χ3n) is 7.94. The molecule has 0 aliphatic heterocycles. The lowest BCUT2D eigenvalue weighted by molar-refractivity contribution is 0.0719. The highest BCUT2D eigenvalue weighted by atomic mass is 35.5. The van der Waals surface area contributed by atoms with Crippen LogP contribution in [0.3, 0.4) is 0 Å². The average Bonchev–Trinajstić information content (AvgIpc) is 2.69. The Kier molecular flexibility index (Phi) is 6.09. The molecule has 0 amide bonds. The highest BCUT2D eigenvalue weighted by Crippen LogP contribution is 2.50. The van der Waals surface area contributed by atoms with E-state index >= 15 is 0 Å². The molecule has 0 heterocycles. The summed E-state index contributed by atoms with van der Waals surface area (Å²) in [4.78, 5) is 0. The van der Waals surface area contributed by atoms with E-state index in [9.17, 15) is 0 Å². The molecule has 0 spiro atoms. The van der Waals surface area contributed by atoms with Crippen molar-refractivity contribution in [3.8, 4) is 0 Å². The van der Waals surface area contributed by atoms with Crippen molar-refractivity contribution in [3.05, 3.63) is 47.0 Å². The van der Waals surface area contributed by atoms with E-state index in [4.69, 9.17) is 11.6 Å². The van der Waals surface area contributed by atoms with Gasteiger partial charge in [0.2, 0.25) is 0 Å². The predicted octanol–water partition coefficient (Wildman–Crippen LogP) is 8.02. The van der Waals surface area contributed by atoms with E-state index in [0.717, 1.165) is 40.5 Å². The van der Waals surface area contributed by atoms with Crippen LogP contribution in [-0.4, -0.2) is 0 Å². The molecule has 1 heteroatoms. The second-order valence-electron chi connectivity index (χ2n) is 9.36. The number of hydrogen-bond donors (Lipinski definition) is 0. The van der Waals surface area contributed by atoms with E-state index in [-0.39, 0.29) is 0 Å². The van der Waals surface area contributed by atoms with Crippen LogP contribution in [0.5, 0.6) is 0 Å². The summed E-state index contributed by atoms with van der Waals surface area (Å²) in [6.45, 7) is 2.18. The van der Waals surface area contributed by atoms with Crippen molar-refractivity contribution in [1.82, 2.24) is 0 Å². The summed E-state index contributed by atoms with van der Waals surface area (Å²) in [5.41, 5.74) is 1.51. The predicted molar refractivity (Wildman–Crippen MR) is 113 cm³/mol. The Morgan fingerprint density at radius 1 is 0.731 bits per heavy atom. The van der Waals surface area contributed by atoms with Gasteiger partial charge in [0.25, 0.3) is 0 Å². The van der Waals surface area contributed by atoms with Gasteiger partial charge in [0, 0.05) is 5.02 Å². The third-order valence-corrected chi connectivity index (χ3v) is 8.19. The molecule has 0 saturated heterocycles. The van der Waals surface area contributed by atoms with Crippen LogP contribution < -0.4 is 0 Å². The van der Waals surface area contributed by atoms with Crippen LogP contribution in [0.25, 0.3) is 0 Å². The zero-order valence-electron chi connectivity index (χ0n) is 16.4. The second-order valence-corrected chi connectivity index (χ2v) is 9.79. The quantitative estimate of drug-likeness (QED) is 0.472. The maximum absolute atomic E-state index is 6.05. The van der Waals surface area contributed by atoms with Gasteiger partial charge in [-0.05, 0) is 124 Å². The lowest BCUT2D eigenvalue weighted by atomic mass is 9.61. The van der Waals surface area contributed by atoms with Gasteiger partial charge in [0.15, 0.2) is 0 Å². The van der Waals surface area contributed by atoms with Crippen molar-refractivity contribution in [2.45, 2.75) is 77.0 Å². The Balaban J connectivity index is 1.28. The molecule has 0 nitrogen and oxygen atoms in total. The molecule has 26 heavy (non-hydrogen) atoms. The first-order valence-electron chi connectivity index (χ1n) is 11.1. The smallest absolute Gasteiger partial charge is 0.0406 e. The van der Waals surface area contributed by atoms with Crippen LogP contribution in [0.4, 0.5) is 0 Å². The van der Waals surface area contributed by atoms with E-state index in [2.05, 4.69) is 43.3 Å². The molecule has 1 aromatic rings. The summed E-state index contributed by atoms with van der Waals surface area (Å²) in [6.07, 6.45) is 19.4. The Labute approximate surface area is 165 Å². The molecule has 4 atom stereocenters. The van der Waals surface area contributed by atoms with Gasteiger partial charge in [-0.25, -0.2) is 0 Å². The van der Waals surface area contributed by atoms with Gasteiger partial charge in [-0.2, -0.15) is 0 Å². The van der Waals surface area contributed by atoms with Crippen LogP contribution in [0, 0.1) is 29.6 Å². The normalized spacial score (nSPS) is 38.2. The number of allylic oxidation sites excluding steroid dienone is 2. The molecule has 0 aromatic heterocycles. The lowest BCUT2D eigenvalue weighted by Gasteiger charge is -2.45. The van der Waals surface area contributed by atoms with Gasteiger partial charge < -0.3 is 0 Å². The number of fused-ring (bicyclic) bond motifs is 1. The van der Waals surface area contributed by atoms with Gasteiger partial charge in [0.05, 0.1) is 0 Å². The molecular weight excluding hydrogens is 336 g/mol. The molecular formula is C25H35Cl. The van der Waals surface area contributed by atoms with Crippen molar-refractivity contribution in [2.75, 3.05) is 0 Å². The van der Waals surface area contributed by atoms with Crippen LogP contribution in [-0.2, 0) is 0 Å². The number of benzene rings is 1. The number of halogens is 1. The second kappa shape index (κ2) is 8.51. The maximum Gasteiger partial charge on any atom is 0.0406 e. The molecule has 0 N–H and O–H groups in total. The minimum Gasteiger partial charge on any atom is -0.0914 e. The largest absolute Gasteiger partial charge is 0.0914 e. The fraction of sp³-hybridized carbons (Fsp3) is 0.680. The first-order chi connectivity index (χ1) is 12.7. The zero-order chi connectivity index (χ0) is 17.9. The van der Waals surface area contributed by atoms with E-state index in [1.807, 2.05) is 0 Å². The Bertz CT molecular complexity index is 593. The van der Waals surface area contributed by atoms with Crippen LogP contribution in [0.2, 0.25) is 5.02 Å². The maximum atomic E-state index is 6.05. The van der Waals surface area contributed by atoms with Crippen molar-refractivity contribution in [1.29, 1.82) is 0 Å². The molecule has 3 aliphatic carbocycles. The first kappa shape index (κ1) is 18.6. The number of rotatable bonds is 3. The van der Waals surface area contributed by atoms with E-state index in [1.54, 1.807) is 6.42 Å². The monoisotopic (exact) mass is 370 g/mol. The van der Waals surface area contributed by atoms with E-state index in [0.29, 0.717) is 0 Å². The van der Waals surface area contributed by atoms with Crippen molar-refractivity contribution in [3.63, 3.8) is 0 Å². The first-order valence-corrected chi connectivity index (χ1v) is 11.5. The summed E-state index contributed by atoms with van der Waals surface area (Å²) in [7, 11) is 0. The lowest BCUT2D eigenvalue weighted by Crippen LogP contribution is -2.34. The fourth-order valence-corrected chi connectivity index (χ4v) is 6.62. The standard InChI is InChI=1S/C25H35Cl/c1-2-3-18-4-5-24-17-23(11-10-22(24)16-18)21-8-6-19(7-9-21)20-12-14-25(26)15-13-20/h2-3,12-15,18-19,21-24H,4-11,16-17H2,1H3/b3-2+. The Morgan fingerprint density at radius 2 is 1.31 bits per heavy atom. The van der Waals surface area contributed by atoms with Gasteiger partial charge in [-0.1, -0.05) is 35.9 Å². The Morgan fingerprint density at radius 3 is 2.00 bits per heavy atom. The highest BCUT2D eigenvalue weighted by Gasteiger charge is 2.38. The van der Waals surface area contributed by atoms with Crippen molar-refractivity contribution < 1.29 is 0 Å². The van der Waals surface area contributed by atoms with Crippen molar-refractivity contribution in [2.24, 2.45) is 29.6 Å². The number of hydrogen-bond acceptors (Lipinski definition) is 0. The third kappa shape index (κ3) is 4.22. The van der Waals surface area contributed by atoms with Gasteiger partial charge >= 0.3 is 0 Å². The van der Waals surface area contributed by atoms with Gasteiger partial charge in [0.1, 0.15) is 0 Å². The SMILES string of the molecule is C/C=C/C1CCC2CC(C3CCC(c4ccc(Cl)cc4)CC3)CCC2C1.